The molecule has 7 rings (SSSR count). The third-order valence-corrected chi connectivity index (χ3v) is 9.37. The third-order valence-electron chi connectivity index (χ3n) is 8.41. The van der Waals surface area contributed by atoms with Gasteiger partial charge < -0.3 is 29.6 Å². The first-order chi connectivity index (χ1) is 24.6. The first-order valence-electron chi connectivity index (χ1n) is 16.5. The number of urea groups is 1. The lowest BCUT2D eigenvalue weighted by molar-refractivity contribution is -0.245. The average molecular weight is 684 g/mol. The number of aliphatic hydroxyl groups excluding tert-OH is 1. The molecule has 5 aromatic carbocycles. The first kappa shape index (κ1) is 33.3. The van der Waals surface area contributed by atoms with Gasteiger partial charge in [0.1, 0.15) is 5.69 Å². The Labute approximate surface area is 295 Å². The van der Waals surface area contributed by atoms with Gasteiger partial charge in [-0.3, -0.25) is 0 Å². The number of benzene rings is 5. The normalized spacial score (nSPS) is 17.3. The van der Waals surface area contributed by atoms with Crippen LogP contribution < -0.4 is 10.6 Å². The van der Waals surface area contributed by atoms with Crippen molar-refractivity contribution in [2.24, 2.45) is 0 Å². The fourth-order valence-corrected chi connectivity index (χ4v) is 6.68. The van der Waals surface area contributed by atoms with Crippen LogP contribution in [0.5, 0.6) is 0 Å². The highest BCUT2D eigenvalue weighted by Gasteiger charge is 2.33. The van der Waals surface area contributed by atoms with E-state index in [4.69, 9.17) is 18.9 Å². The van der Waals surface area contributed by atoms with Crippen molar-refractivity contribution in [2.75, 3.05) is 11.1 Å². The van der Waals surface area contributed by atoms with E-state index in [1.807, 2.05) is 140 Å². The summed E-state index contributed by atoms with van der Waals surface area (Å²) in [6.45, 7) is 0.392. The van der Waals surface area contributed by atoms with Crippen molar-refractivity contribution >= 4 is 23.5 Å². The van der Waals surface area contributed by atoms with Gasteiger partial charge in [0, 0.05) is 41.1 Å². The number of nitrogens with one attached hydrogen (secondary N) is 2. The quantitative estimate of drug-likeness (QED) is 0.117. The number of ether oxygens (including phenoxy) is 2. The van der Waals surface area contributed by atoms with Crippen LogP contribution in [0.3, 0.4) is 0 Å². The van der Waals surface area contributed by atoms with Gasteiger partial charge in [-0.15, -0.1) is 0 Å². The molecule has 1 aromatic heterocycles. The fourth-order valence-electron chi connectivity index (χ4n) is 5.84. The Morgan fingerprint density at radius 1 is 0.760 bits per heavy atom. The lowest BCUT2D eigenvalue weighted by Crippen LogP contribution is -2.31. The highest BCUT2D eigenvalue weighted by Crippen LogP contribution is 2.41. The Kier molecular flexibility index (Phi) is 10.7. The summed E-state index contributed by atoms with van der Waals surface area (Å²) in [6, 6.07) is 44.8. The zero-order valence-electron chi connectivity index (χ0n) is 27.3. The Morgan fingerprint density at radius 3 is 2.18 bits per heavy atom. The number of nitrogens with zero attached hydrogens (tertiary/aromatic N) is 1. The lowest BCUT2D eigenvalue weighted by Gasteiger charge is -2.36. The average Bonchev–Trinajstić information content (AvgIpc) is 3.62. The van der Waals surface area contributed by atoms with Crippen LogP contribution in [0.1, 0.15) is 41.1 Å². The molecule has 3 atom stereocenters. The van der Waals surface area contributed by atoms with Crippen LogP contribution in [0.4, 0.5) is 10.5 Å². The Morgan fingerprint density at radius 2 is 1.46 bits per heavy atom. The first-order valence-corrected chi connectivity index (χ1v) is 17.5. The van der Waals surface area contributed by atoms with Gasteiger partial charge in [-0.05, 0) is 28.8 Å². The summed E-state index contributed by atoms with van der Waals surface area (Å²) < 4.78 is 19.5. The molecule has 1 saturated heterocycles. The number of thioether (sulfide) groups is 1. The van der Waals surface area contributed by atoms with Crippen molar-refractivity contribution < 1.29 is 23.8 Å². The summed E-state index contributed by atoms with van der Waals surface area (Å²) in [5.41, 5.74) is 6.99. The van der Waals surface area contributed by atoms with E-state index < -0.39 is 6.29 Å². The van der Waals surface area contributed by atoms with E-state index in [9.17, 15) is 9.90 Å². The molecular weight excluding hydrogens is 647 g/mol. The number of carbonyl (C=O) groups excluding carboxylic acids is 1. The second-order valence-electron chi connectivity index (χ2n) is 12.0. The number of oxazole rings is 1. The lowest BCUT2D eigenvalue weighted by atomic mass is 10.0. The summed E-state index contributed by atoms with van der Waals surface area (Å²) in [6.07, 6.45) is -0.545. The van der Waals surface area contributed by atoms with Crippen molar-refractivity contribution in [1.29, 1.82) is 0 Å². The van der Waals surface area contributed by atoms with Gasteiger partial charge in [0.05, 0.1) is 18.8 Å². The molecule has 0 bridgehead atoms. The number of rotatable bonds is 11. The van der Waals surface area contributed by atoms with E-state index in [-0.39, 0.29) is 24.8 Å². The van der Waals surface area contributed by atoms with Crippen molar-refractivity contribution in [1.82, 2.24) is 10.3 Å². The zero-order chi connectivity index (χ0) is 34.1. The van der Waals surface area contributed by atoms with Crippen molar-refractivity contribution in [2.45, 2.75) is 43.3 Å². The minimum Gasteiger partial charge on any atom is -0.431 e. The molecule has 6 aromatic rings. The molecule has 1 aliphatic heterocycles. The highest BCUT2D eigenvalue weighted by atomic mass is 32.2. The predicted molar refractivity (Wildman–Crippen MR) is 195 cm³/mol. The Hall–Kier alpha value is -5.19. The molecule has 3 N–H and O–H groups in total. The summed E-state index contributed by atoms with van der Waals surface area (Å²) in [7, 11) is 0. The molecule has 1 aliphatic rings. The standard InChI is InChI=1S/C41H37N3O5S/c45-26-29-19-21-30(22-20-29)36-24-35(27-50-41-44-37(31-13-6-2-7-14-31)38(49-41)32-15-8-3-9-16-32)47-39(48-36)33-17-10-18-34(23-33)43-40(46)42-25-28-11-4-1-5-12-28/h1-23,35-36,39,45H,24-27H2,(H2,42,43,46). The van der Waals surface area contributed by atoms with Crippen LogP contribution in [-0.2, 0) is 22.6 Å². The fraction of sp³-hybridized carbons (Fsp3) is 0.171. The van der Waals surface area contributed by atoms with Gasteiger partial charge in [-0.25, -0.2) is 9.78 Å². The van der Waals surface area contributed by atoms with E-state index >= 15 is 0 Å². The van der Waals surface area contributed by atoms with Crippen molar-refractivity contribution in [3.63, 3.8) is 0 Å². The largest absolute Gasteiger partial charge is 0.431 e. The number of aliphatic hydroxyl groups is 1. The molecule has 0 spiro atoms. The zero-order valence-corrected chi connectivity index (χ0v) is 28.1. The molecule has 8 nitrogen and oxygen atoms in total. The maximum Gasteiger partial charge on any atom is 0.319 e. The van der Waals surface area contributed by atoms with E-state index in [0.717, 1.165) is 44.8 Å². The SMILES string of the molecule is O=C(NCc1ccccc1)Nc1cccc(C2OC(CSc3nc(-c4ccccc4)c(-c4ccccc4)o3)CC(c3ccc(CO)cc3)O2)c1. The van der Waals surface area contributed by atoms with Gasteiger partial charge >= 0.3 is 6.03 Å². The molecule has 0 saturated carbocycles. The van der Waals surface area contributed by atoms with Crippen LogP contribution >= 0.6 is 11.8 Å². The van der Waals surface area contributed by atoms with E-state index in [1.54, 1.807) is 0 Å². The molecule has 252 valence electrons. The molecule has 0 aliphatic carbocycles. The molecule has 2 heterocycles. The number of aromatic nitrogens is 1. The predicted octanol–water partition coefficient (Wildman–Crippen LogP) is 9.16. The molecular formula is C41H37N3O5S. The summed E-state index contributed by atoms with van der Waals surface area (Å²) >= 11 is 1.51. The van der Waals surface area contributed by atoms with Crippen molar-refractivity contribution in [3.05, 3.63) is 162 Å². The topological polar surface area (TPSA) is 106 Å². The van der Waals surface area contributed by atoms with Crippen LogP contribution in [0.2, 0.25) is 0 Å². The van der Waals surface area contributed by atoms with Crippen molar-refractivity contribution in [3.8, 4) is 22.6 Å². The van der Waals surface area contributed by atoms with E-state index in [2.05, 4.69) is 10.6 Å². The van der Waals surface area contributed by atoms with Crippen LogP contribution in [0.25, 0.3) is 22.6 Å². The molecule has 50 heavy (non-hydrogen) atoms. The highest BCUT2D eigenvalue weighted by molar-refractivity contribution is 7.99. The molecule has 2 amide bonds. The van der Waals surface area contributed by atoms with Crippen LogP contribution in [0.15, 0.2) is 149 Å². The molecule has 3 unspecified atom stereocenters. The van der Waals surface area contributed by atoms with Gasteiger partial charge in [0.15, 0.2) is 12.1 Å². The van der Waals surface area contributed by atoms with Gasteiger partial charge in [-0.1, -0.05) is 139 Å². The van der Waals surface area contributed by atoms with Crippen LogP contribution in [-0.4, -0.2) is 28.0 Å². The number of hydrogen-bond donors (Lipinski definition) is 3. The summed E-state index contributed by atoms with van der Waals surface area (Å²) in [5.74, 6) is 1.30. The van der Waals surface area contributed by atoms with Gasteiger partial charge in [-0.2, -0.15) is 0 Å². The summed E-state index contributed by atoms with van der Waals surface area (Å²) in [4.78, 5) is 17.6. The van der Waals surface area contributed by atoms with Crippen LogP contribution in [0, 0.1) is 0 Å². The molecule has 9 heteroatoms. The minimum absolute atomic E-state index is 0.0262. The minimum atomic E-state index is -0.685. The molecule has 1 fully saturated rings. The number of anilines is 1. The number of carbonyl (C=O) groups is 1. The monoisotopic (exact) mass is 683 g/mol. The summed E-state index contributed by atoms with van der Waals surface area (Å²) in [5, 5.41) is 16.0. The third kappa shape index (κ3) is 8.33. The second-order valence-corrected chi connectivity index (χ2v) is 12.9. The maximum atomic E-state index is 12.7. The number of hydrogen-bond acceptors (Lipinski definition) is 7. The smallest absolute Gasteiger partial charge is 0.319 e. The molecule has 0 radical (unpaired) electrons. The Balaban J connectivity index is 1.09. The second kappa shape index (κ2) is 16.0. The van der Waals surface area contributed by atoms with E-state index in [0.29, 0.717) is 29.6 Å². The maximum absolute atomic E-state index is 12.7. The van der Waals surface area contributed by atoms with Gasteiger partial charge in [0.25, 0.3) is 5.22 Å². The Bertz CT molecular complexity index is 1930. The van der Waals surface area contributed by atoms with E-state index in [1.165, 1.54) is 11.8 Å². The van der Waals surface area contributed by atoms with Gasteiger partial charge in [0.2, 0.25) is 0 Å². The number of amides is 2.